The number of aryl methyl sites for hydroxylation is 2. The van der Waals surface area contributed by atoms with E-state index in [1.54, 1.807) is 16.7 Å². The molecule has 0 aliphatic heterocycles. The van der Waals surface area contributed by atoms with Crippen molar-refractivity contribution in [3.8, 4) is 0 Å². The van der Waals surface area contributed by atoms with Crippen LogP contribution in [0.25, 0.3) is 0 Å². The number of carbonyl (C=O) groups excluding carboxylic acids is 2. The van der Waals surface area contributed by atoms with Gasteiger partial charge in [-0.25, -0.2) is 0 Å². The third-order valence-electron chi connectivity index (χ3n) is 5.23. The van der Waals surface area contributed by atoms with E-state index in [0.29, 0.717) is 25.3 Å². The van der Waals surface area contributed by atoms with E-state index in [4.69, 9.17) is 0 Å². The third-order valence-corrected chi connectivity index (χ3v) is 6.22. The van der Waals surface area contributed by atoms with Gasteiger partial charge in [-0.1, -0.05) is 79.9 Å². The number of carbonyl (C=O) groups is 2. The lowest BCUT2D eigenvalue weighted by atomic mass is 10.1. The zero-order valence-electron chi connectivity index (χ0n) is 19.3. The number of nitrogens with one attached hydrogen (secondary N) is 1. The number of hydrogen-bond acceptors (Lipinski definition) is 3. The minimum absolute atomic E-state index is 0.0108. The van der Waals surface area contributed by atoms with Crippen LogP contribution < -0.4 is 5.32 Å². The number of unbranched alkanes of at least 4 members (excludes halogenated alkanes) is 1. The first-order chi connectivity index (χ1) is 14.9. The first-order valence-corrected chi connectivity index (χ1v) is 12.4. The van der Waals surface area contributed by atoms with Crippen LogP contribution in [-0.2, 0) is 21.9 Å². The van der Waals surface area contributed by atoms with Crippen molar-refractivity contribution in [1.82, 2.24) is 10.2 Å². The van der Waals surface area contributed by atoms with Crippen LogP contribution in [0.1, 0.15) is 55.4 Å². The Morgan fingerprint density at radius 1 is 1.00 bits per heavy atom. The normalized spacial score (nSPS) is 11.7. The summed E-state index contributed by atoms with van der Waals surface area (Å²) in [5.74, 6) is 1.10. The van der Waals surface area contributed by atoms with Crippen LogP contribution in [0.3, 0.4) is 0 Å². The Balaban J connectivity index is 2.10. The maximum Gasteiger partial charge on any atom is 0.242 e. The largest absolute Gasteiger partial charge is 0.354 e. The standard InChI is InChI=1S/C26H36N2O2S/c1-5-7-14-27-26(30)24(6-2)28(17-22-12-8-10-20(3)15-22)25(29)19-31-18-23-13-9-11-21(4)16-23/h8-13,15-16,24H,5-7,14,17-19H2,1-4H3,(H,27,30)/t24-/m0/s1. The van der Waals surface area contributed by atoms with Crippen LogP contribution >= 0.6 is 11.8 Å². The quantitative estimate of drug-likeness (QED) is 0.458. The lowest BCUT2D eigenvalue weighted by Gasteiger charge is -2.30. The lowest BCUT2D eigenvalue weighted by Crippen LogP contribution is -2.49. The average molecular weight is 441 g/mol. The molecular formula is C26H36N2O2S. The van der Waals surface area contributed by atoms with Gasteiger partial charge in [-0.2, -0.15) is 0 Å². The zero-order chi connectivity index (χ0) is 22.6. The van der Waals surface area contributed by atoms with Gasteiger partial charge in [-0.15, -0.1) is 11.8 Å². The summed E-state index contributed by atoms with van der Waals surface area (Å²) in [5, 5.41) is 3.02. The van der Waals surface area contributed by atoms with Gasteiger partial charge in [0.15, 0.2) is 0 Å². The summed E-state index contributed by atoms with van der Waals surface area (Å²) in [6.07, 6.45) is 2.57. The second kappa shape index (κ2) is 13.2. The molecule has 31 heavy (non-hydrogen) atoms. The molecule has 0 aliphatic carbocycles. The smallest absolute Gasteiger partial charge is 0.242 e. The van der Waals surface area contributed by atoms with Crippen LogP contribution in [-0.4, -0.2) is 35.1 Å². The molecule has 4 nitrogen and oxygen atoms in total. The Bertz CT molecular complexity index is 853. The Kier molecular flexibility index (Phi) is 10.6. The fourth-order valence-corrected chi connectivity index (χ4v) is 4.43. The molecule has 0 radical (unpaired) electrons. The molecule has 168 valence electrons. The van der Waals surface area contributed by atoms with Crippen molar-refractivity contribution in [2.75, 3.05) is 12.3 Å². The molecule has 2 rings (SSSR count). The number of hydrogen-bond donors (Lipinski definition) is 1. The SMILES string of the molecule is CCCCNC(=O)[C@H](CC)N(Cc1cccc(C)c1)C(=O)CSCc1cccc(C)c1. The summed E-state index contributed by atoms with van der Waals surface area (Å²) in [6, 6.07) is 16.1. The fourth-order valence-electron chi connectivity index (χ4n) is 3.57. The highest BCUT2D eigenvalue weighted by atomic mass is 32.2. The van der Waals surface area contributed by atoms with Crippen LogP contribution in [0.15, 0.2) is 48.5 Å². The van der Waals surface area contributed by atoms with Crippen molar-refractivity contribution in [2.45, 2.75) is 65.3 Å². The van der Waals surface area contributed by atoms with E-state index in [0.717, 1.165) is 29.7 Å². The molecular weight excluding hydrogens is 404 g/mol. The van der Waals surface area contributed by atoms with E-state index in [-0.39, 0.29) is 11.8 Å². The predicted octanol–water partition coefficient (Wildman–Crippen LogP) is 5.26. The second-order valence-corrected chi connectivity index (χ2v) is 9.05. The molecule has 0 saturated carbocycles. The highest BCUT2D eigenvalue weighted by Gasteiger charge is 2.28. The first-order valence-electron chi connectivity index (χ1n) is 11.2. The van der Waals surface area contributed by atoms with Crippen molar-refractivity contribution in [1.29, 1.82) is 0 Å². The third kappa shape index (κ3) is 8.41. The van der Waals surface area contributed by atoms with E-state index >= 15 is 0 Å². The van der Waals surface area contributed by atoms with E-state index in [9.17, 15) is 9.59 Å². The van der Waals surface area contributed by atoms with Gasteiger partial charge in [0.25, 0.3) is 0 Å². The average Bonchev–Trinajstić information content (AvgIpc) is 2.74. The van der Waals surface area contributed by atoms with Gasteiger partial charge < -0.3 is 10.2 Å². The van der Waals surface area contributed by atoms with Crippen LogP contribution in [0.2, 0.25) is 0 Å². The molecule has 5 heteroatoms. The minimum Gasteiger partial charge on any atom is -0.354 e. The van der Waals surface area contributed by atoms with Gasteiger partial charge in [0.1, 0.15) is 6.04 Å². The molecule has 1 atom stereocenters. The Labute approximate surface area is 191 Å². The number of amides is 2. The van der Waals surface area contributed by atoms with Crippen molar-refractivity contribution in [2.24, 2.45) is 0 Å². The minimum atomic E-state index is -0.454. The number of thioether (sulfide) groups is 1. The summed E-state index contributed by atoms with van der Waals surface area (Å²) < 4.78 is 0. The molecule has 0 unspecified atom stereocenters. The molecule has 0 aromatic heterocycles. The topological polar surface area (TPSA) is 49.4 Å². The molecule has 0 aliphatic rings. The van der Waals surface area contributed by atoms with E-state index in [2.05, 4.69) is 43.4 Å². The molecule has 2 aromatic carbocycles. The fraction of sp³-hybridized carbons (Fsp3) is 0.462. The lowest BCUT2D eigenvalue weighted by molar-refractivity contribution is -0.139. The van der Waals surface area contributed by atoms with Crippen molar-refractivity contribution in [3.05, 3.63) is 70.8 Å². The monoisotopic (exact) mass is 440 g/mol. The van der Waals surface area contributed by atoms with Gasteiger partial charge >= 0.3 is 0 Å². The number of nitrogens with zero attached hydrogens (tertiary/aromatic N) is 1. The van der Waals surface area contributed by atoms with Gasteiger partial charge in [-0.3, -0.25) is 9.59 Å². The molecule has 0 fully saturated rings. The van der Waals surface area contributed by atoms with Gasteiger partial charge in [0.05, 0.1) is 5.75 Å². The van der Waals surface area contributed by atoms with Gasteiger partial charge in [-0.05, 0) is 37.8 Å². The Hall–Kier alpha value is -2.27. The Morgan fingerprint density at radius 3 is 2.26 bits per heavy atom. The molecule has 0 bridgehead atoms. The van der Waals surface area contributed by atoms with Gasteiger partial charge in [0.2, 0.25) is 11.8 Å². The molecule has 0 spiro atoms. The zero-order valence-corrected chi connectivity index (χ0v) is 20.1. The molecule has 2 aromatic rings. The maximum atomic E-state index is 13.2. The van der Waals surface area contributed by atoms with E-state index in [1.165, 1.54) is 11.1 Å². The first kappa shape index (κ1) is 25.0. The predicted molar refractivity (Wildman–Crippen MR) is 131 cm³/mol. The summed E-state index contributed by atoms with van der Waals surface area (Å²) in [4.78, 5) is 27.9. The maximum absolute atomic E-state index is 13.2. The van der Waals surface area contributed by atoms with Crippen molar-refractivity contribution >= 4 is 23.6 Å². The number of benzene rings is 2. The summed E-state index contributed by atoms with van der Waals surface area (Å²) >= 11 is 1.60. The number of rotatable bonds is 12. The summed E-state index contributed by atoms with van der Waals surface area (Å²) in [5.41, 5.74) is 4.64. The molecule has 1 N–H and O–H groups in total. The molecule has 0 saturated heterocycles. The van der Waals surface area contributed by atoms with Crippen molar-refractivity contribution < 1.29 is 9.59 Å². The molecule has 0 heterocycles. The highest BCUT2D eigenvalue weighted by Crippen LogP contribution is 2.18. The van der Waals surface area contributed by atoms with Crippen LogP contribution in [0.5, 0.6) is 0 Å². The van der Waals surface area contributed by atoms with Crippen LogP contribution in [0, 0.1) is 13.8 Å². The summed E-state index contributed by atoms with van der Waals surface area (Å²) in [6.45, 7) is 9.29. The second-order valence-electron chi connectivity index (χ2n) is 8.06. The van der Waals surface area contributed by atoms with Crippen LogP contribution in [0.4, 0.5) is 0 Å². The van der Waals surface area contributed by atoms with Crippen molar-refractivity contribution in [3.63, 3.8) is 0 Å². The summed E-state index contributed by atoms with van der Waals surface area (Å²) in [7, 11) is 0. The molecule has 2 amide bonds. The Morgan fingerprint density at radius 2 is 1.65 bits per heavy atom. The van der Waals surface area contributed by atoms with E-state index < -0.39 is 6.04 Å². The van der Waals surface area contributed by atoms with Gasteiger partial charge in [0, 0.05) is 18.8 Å². The van der Waals surface area contributed by atoms with E-state index in [1.807, 2.05) is 38.1 Å². The highest BCUT2D eigenvalue weighted by molar-refractivity contribution is 7.99.